The highest BCUT2D eigenvalue weighted by molar-refractivity contribution is 6.62. The van der Waals surface area contributed by atoms with E-state index < -0.39 is 18.3 Å². The third-order valence-electron chi connectivity index (χ3n) is 4.21. The van der Waals surface area contributed by atoms with Gasteiger partial charge in [0.2, 0.25) is 0 Å². The molecule has 3 nitrogen and oxygen atoms in total. The topological polar surface area (TPSA) is 31.4 Å². The predicted octanol–water partition coefficient (Wildman–Crippen LogP) is 2.67. The van der Waals surface area contributed by atoms with Crippen LogP contribution in [0.5, 0.6) is 0 Å². The van der Waals surface area contributed by atoms with Crippen molar-refractivity contribution in [1.82, 2.24) is 4.98 Å². The summed E-state index contributed by atoms with van der Waals surface area (Å²) in [7, 11) is -0.556. The van der Waals surface area contributed by atoms with Crippen molar-refractivity contribution in [1.29, 1.82) is 0 Å². The molecule has 0 radical (unpaired) electrons. The first-order valence-corrected chi connectivity index (χ1v) is 6.70. The molecule has 1 aromatic heterocycles. The third-order valence-corrected chi connectivity index (χ3v) is 4.21. The number of fused-ring (bicyclic) bond motifs is 1. The number of aromatic nitrogens is 1. The molecule has 1 fully saturated rings. The lowest BCUT2D eigenvalue weighted by atomic mass is 9.78. The van der Waals surface area contributed by atoms with Crippen LogP contribution in [0.3, 0.4) is 0 Å². The summed E-state index contributed by atoms with van der Waals surface area (Å²) in [6.45, 7) is 7.91. The summed E-state index contributed by atoms with van der Waals surface area (Å²) in [5, 5.41) is 0.747. The molecule has 0 N–H and O–H groups in total. The highest BCUT2D eigenvalue weighted by atomic mass is 19.1. The summed E-state index contributed by atoms with van der Waals surface area (Å²) in [6, 6.07) is 6.93. The van der Waals surface area contributed by atoms with Gasteiger partial charge in [0.05, 0.1) is 11.2 Å². The van der Waals surface area contributed by atoms with Crippen molar-refractivity contribution in [2.45, 2.75) is 38.9 Å². The predicted molar refractivity (Wildman–Crippen MR) is 77.4 cm³/mol. The van der Waals surface area contributed by atoms with E-state index in [1.54, 1.807) is 12.3 Å². The number of halogens is 1. The van der Waals surface area contributed by atoms with Crippen molar-refractivity contribution in [3.63, 3.8) is 0 Å². The Bertz CT molecular complexity index is 656. The van der Waals surface area contributed by atoms with Crippen molar-refractivity contribution >= 4 is 23.5 Å². The Hall–Kier alpha value is -1.46. The van der Waals surface area contributed by atoms with Gasteiger partial charge in [0, 0.05) is 11.6 Å². The molecule has 1 aliphatic heterocycles. The molecule has 0 bridgehead atoms. The zero-order valence-electron chi connectivity index (χ0n) is 12.1. The van der Waals surface area contributed by atoms with Crippen LogP contribution in [-0.2, 0) is 9.31 Å². The van der Waals surface area contributed by atoms with Crippen molar-refractivity contribution in [3.8, 4) is 0 Å². The molecule has 1 aliphatic rings. The van der Waals surface area contributed by atoms with E-state index in [2.05, 4.69) is 4.98 Å². The van der Waals surface area contributed by atoms with Crippen LogP contribution < -0.4 is 5.46 Å². The highest BCUT2D eigenvalue weighted by Crippen LogP contribution is 2.36. The van der Waals surface area contributed by atoms with Gasteiger partial charge in [0.15, 0.2) is 0 Å². The van der Waals surface area contributed by atoms with Crippen molar-refractivity contribution < 1.29 is 13.7 Å². The molecular weight excluding hydrogens is 256 g/mol. The maximum atomic E-state index is 14.1. The Labute approximate surface area is 118 Å². The normalized spacial score (nSPS) is 20.6. The zero-order valence-corrected chi connectivity index (χ0v) is 12.1. The lowest BCUT2D eigenvalue weighted by molar-refractivity contribution is 0.00578. The molecule has 0 unspecified atom stereocenters. The Kier molecular flexibility index (Phi) is 2.89. The second kappa shape index (κ2) is 4.27. The molecule has 104 valence electrons. The van der Waals surface area contributed by atoms with Gasteiger partial charge in [-0.2, -0.15) is 0 Å². The Morgan fingerprint density at radius 2 is 1.75 bits per heavy atom. The van der Waals surface area contributed by atoms with Crippen LogP contribution in [0, 0.1) is 5.82 Å². The number of hydrogen-bond donors (Lipinski definition) is 0. The summed E-state index contributed by atoms with van der Waals surface area (Å²) in [6.07, 6.45) is 1.58. The summed E-state index contributed by atoms with van der Waals surface area (Å²) in [5.41, 5.74) is 0.185. The summed E-state index contributed by atoms with van der Waals surface area (Å²) in [4.78, 5) is 4.05. The van der Waals surface area contributed by atoms with E-state index in [0.29, 0.717) is 11.0 Å². The largest absolute Gasteiger partial charge is 0.494 e. The van der Waals surface area contributed by atoms with Gasteiger partial charge >= 0.3 is 7.12 Å². The molecule has 0 saturated carbocycles. The zero-order chi connectivity index (χ0) is 14.5. The van der Waals surface area contributed by atoms with Crippen LogP contribution >= 0.6 is 0 Å². The van der Waals surface area contributed by atoms with Gasteiger partial charge in [-0.25, -0.2) is 4.39 Å². The van der Waals surface area contributed by atoms with E-state index in [0.717, 1.165) is 5.39 Å². The van der Waals surface area contributed by atoms with Crippen LogP contribution in [-0.4, -0.2) is 23.3 Å². The number of nitrogens with zero attached hydrogens (tertiary/aromatic N) is 1. The molecule has 1 aromatic carbocycles. The Balaban J connectivity index is 2.04. The molecule has 2 aromatic rings. The minimum absolute atomic E-state index is 0.354. The van der Waals surface area contributed by atoms with Crippen molar-refractivity contribution in [2.24, 2.45) is 0 Å². The van der Waals surface area contributed by atoms with E-state index in [1.165, 1.54) is 6.07 Å². The van der Waals surface area contributed by atoms with E-state index in [9.17, 15) is 4.39 Å². The molecule has 2 heterocycles. The van der Waals surface area contributed by atoms with Gasteiger partial charge < -0.3 is 9.31 Å². The standard InChI is InChI=1S/C15H17BFNO2/c1-14(2)15(3,4)20-16(19-14)11-8-10-6-5-7-18-13(10)12(17)9-11/h5-9H,1-4H3. The van der Waals surface area contributed by atoms with E-state index in [4.69, 9.17) is 9.31 Å². The van der Waals surface area contributed by atoms with E-state index in [1.807, 2.05) is 39.8 Å². The van der Waals surface area contributed by atoms with Gasteiger partial charge in [-0.05, 0) is 45.3 Å². The van der Waals surface area contributed by atoms with Crippen molar-refractivity contribution in [3.05, 3.63) is 36.3 Å². The van der Waals surface area contributed by atoms with Gasteiger partial charge in [-0.3, -0.25) is 4.98 Å². The van der Waals surface area contributed by atoms with Crippen molar-refractivity contribution in [2.75, 3.05) is 0 Å². The monoisotopic (exact) mass is 273 g/mol. The van der Waals surface area contributed by atoms with Gasteiger partial charge in [-0.1, -0.05) is 12.1 Å². The second-order valence-corrected chi connectivity index (χ2v) is 6.17. The average Bonchev–Trinajstić information content (AvgIpc) is 2.58. The summed E-state index contributed by atoms with van der Waals surface area (Å²) < 4.78 is 26.0. The molecule has 0 amide bonds. The first kappa shape index (κ1) is 13.5. The Morgan fingerprint density at radius 1 is 1.10 bits per heavy atom. The number of benzene rings is 1. The summed E-state index contributed by atoms with van der Waals surface area (Å²) in [5.74, 6) is -0.354. The minimum Gasteiger partial charge on any atom is -0.399 e. The van der Waals surface area contributed by atoms with Gasteiger partial charge in [0.25, 0.3) is 0 Å². The Morgan fingerprint density at radius 3 is 2.40 bits per heavy atom. The lowest BCUT2D eigenvalue weighted by Gasteiger charge is -2.32. The molecule has 1 saturated heterocycles. The fourth-order valence-corrected chi connectivity index (χ4v) is 2.28. The molecule has 0 spiro atoms. The number of pyridine rings is 1. The maximum absolute atomic E-state index is 14.1. The SMILES string of the molecule is CC1(C)OB(c2cc(F)c3ncccc3c2)OC1(C)C. The average molecular weight is 273 g/mol. The lowest BCUT2D eigenvalue weighted by Crippen LogP contribution is -2.41. The van der Waals surface area contributed by atoms with Crippen LogP contribution in [0.2, 0.25) is 0 Å². The maximum Gasteiger partial charge on any atom is 0.494 e. The molecule has 0 atom stereocenters. The molecule has 0 aliphatic carbocycles. The second-order valence-electron chi connectivity index (χ2n) is 6.17. The number of rotatable bonds is 1. The number of hydrogen-bond acceptors (Lipinski definition) is 3. The fourth-order valence-electron chi connectivity index (χ4n) is 2.28. The van der Waals surface area contributed by atoms with Crippen LogP contribution in [0.4, 0.5) is 4.39 Å². The molecule has 5 heteroatoms. The third kappa shape index (κ3) is 2.01. The van der Waals surface area contributed by atoms with E-state index in [-0.39, 0.29) is 5.82 Å². The minimum atomic E-state index is -0.556. The fraction of sp³-hybridized carbons (Fsp3) is 0.400. The summed E-state index contributed by atoms with van der Waals surface area (Å²) >= 11 is 0. The molecule has 20 heavy (non-hydrogen) atoms. The molecular formula is C15H17BFNO2. The first-order valence-electron chi connectivity index (χ1n) is 6.70. The highest BCUT2D eigenvalue weighted by Gasteiger charge is 2.51. The molecule has 3 rings (SSSR count). The smallest absolute Gasteiger partial charge is 0.399 e. The van der Waals surface area contributed by atoms with Gasteiger partial charge in [-0.15, -0.1) is 0 Å². The van der Waals surface area contributed by atoms with Gasteiger partial charge in [0.1, 0.15) is 11.3 Å². The van der Waals surface area contributed by atoms with E-state index >= 15 is 0 Å². The van der Waals surface area contributed by atoms with Crippen LogP contribution in [0.25, 0.3) is 10.9 Å². The van der Waals surface area contributed by atoms with Crippen LogP contribution in [0.1, 0.15) is 27.7 Å². The quantitative estimate of drug-likeness (QED) is 0.748. The van der Waals surface area contributed by atoms with Crippen LogP contribution in [0.15, 0.2) is 30.5 Å². The first-order chi connectivity index (χ1) is 9.30.